The van der Waals surface area contributed by atoms with Crippen molar-refractivity contribution in [1.82, 2.24) is 10.3 Å². The highest BCUT2D eigenvalue weighted by Gasteiger charge is 2.08. The zero-order chi connectivity index (χ0) is 12.7. The van der Waals surface area contributed by atoms with Crippen molar-refractivity contribution in [1.29, 1.82) is 5.26 Å². The number of nitrogens with one attached hydrogen (secondary N) is 1. The number of nitrogens with zero attached hydrogens (tertiary/aromatic N) is 3. The van der Waals surface area contributed by atoms with E-state index in [1.54, 1.807) is 0 Å². The molecular formula is C13H20N4. The largest absolute Gasteiger partial charge is 0.372 e. The van der Waals surface area contributed by atoms with Crippen molar-refractivity contribution < 1.29 is 0 Å². The summed E-state index contributed by atoms with van der Waals surface area (Å²) < 4.78 is 0. The summed E-state index contributed by atoms with van der Waals surface area (Å²) in [7, 11) is 3.92. The Morgan fingerprint density at radius 2 is 2.29 bits per heavy atom. The van der Waals surface area contributed by atoms with Gasteiger partial charge in [-0.05, 0) is 25.6 Å². The van der Waals surface area contributed by atoms with Crippen molar-refractivity contribution in [2.45, 2.75) is 25.8 Å². The monoisotopic (exact) mass is 232 g/mol. The Bertz CT molecular complexity index is 362. The lowest BCUT2D eigenvalue weighted by Gasteiger charge is -2.19. The van der Waals surface area contributed by atoms with Crippen molar-refractivity contribution >= 4 is 5.69 Å². The van der Waals surface area contributed by atoms with Crippen molar-refractivity contribution in [3.05, 3.63) is 24.0 Å². The molecule has 1 aromatic heterocycles. The van der Waals surface area contributed by atoms with E-state index >= 15 is 0 Å². The standard InChI is InChI=1S/C13H20N4/c1-4-12(15-2)13-7-6-11(10-16-13)17(3)9-5-8-14/h6-7,10,12,15H,4-5,9H2,1-3H3. The molecule has 1 heterocycles. The van der Waals surface area contributed by atoms with Crippen molar-refractivity contribution in [3.8, 4) is 6.07 Å². The maximum Gasteiger partial charge on any atom is 0.0640 e. The van der Waals surface area contributed by atoms with Gasteiger partial charge >= 0.3 is 0 Å². The second-order valence-electron chi connectivity index (χ2n) is 4.02. The molecule has 0 aliphatic rings. The molecule has 0 aromatic carbocycles. The van der Waals surface area contributed by atoms with E-state index in [-0.39, 0.29) is 0 Å². The van der Waals surface area contributed by atoms with Crippen LogP contribution in [0.5, 0.6) is 0 Å². The molecule has 0 fully saturated rings. The first-order chi connectivity index (χ1) is 8.22. The lowest BCUT2D eigenvalue weighted by molar-refractivity contribution is 0.561. The molecule has 1 unspecified atom stereocenters. The summed E-state index contributed by atoms with van der Waals surface area (Å²) in [5, 5.41) is 11.8. The average molecular weight is 232 g/mol. The maximum atomic E-state index is 8.54. The highest BCUT2D eigenvalue weighted by Crippen LogP contribution is 2.17. The molecule has 0 aliphatic heterocycles. The van der Waals surface area contributed by atoms with Crippen LogP contribution in [0.4, 0.5) is 5.69 Å². The molecule has 0 bridgehead atoms. The molecule has 0 radical (unpaired) electrons. The number of aromatic nitrogens is 1. The molecule has 0 saturated heterocycles. The van der Waals surface area contributed by atoms with Crippen LogP contribution in [0.1, 0.15) is 31.5 Å². The minimum atomic E-state index is 0.313. The van der Waals surface area contributed by atoms with Crippen LogP contribution in [-0.2, 0) is 0 Å². The highest BCUT2D eigenvalue weighted by molar-refractivity contribution is 5.43. The van der Waals surface area contributed by atoms with Gasteiger partial charge in [-0.3, -0.25) is 4.98 Å². The number of nitriles is 1. The first-order valence-corrected chi connectivity index (χ1v) is 5.94. The fraction of sp³-hybridized carbons (Fsp3) is 0.538. The Hall–Kier alpha value is -1.60. The third-order valence-corrected chi connectivity index (χ3v) is 2.88. The highest BCUT2D eigenvalue weighted by atomic mass is 15.1. The average Bonchev–Trinajstić information content (AvgIpc) is 2.38. The molecule has 1 N–H and O–H groups in total. The van der Waals surface area contributed by atoms with Crippen LogP contribution in [0.25, 0.3) is 0 Å². The van der Waals surface area contributed by atoms with E-state index in [2.05, 4.69) is 29.4 Å². The predicted molar refractivity (Wildman–Crippen MR) is 69.8 cm³/mol. The Kier molecular flexibility index (Phi) is 5.44. The van der Waals surface area contributed by atoms with Gasteiger partial charge in [0.1, 0.15) is 0 Å². The molecule has 0 aliphatic carbocycles. The molecule has 1 aromatic rings. The number of pyridine rings is 1. The molecule has 0 amide bonds. The maximum absolute atomic E-state index is 8.54. The molecule has 4 heteroatoms. The Labute approximate surface area is 103 Å². The van der Waals surface area contributed by atoms with E-state index in [0.717, 1.165) is 24.3 Å². The second kappa shape index (κ2) is 6.87. The number of hydrogen-bond donors (Lipinski definition) is 1. The molecule has 1 rings (SSSR count). The zero-order valence-corrected chi connectivity index (χ0v) is 10.8. The van der Waals surface area contributed by atoms with Crippen LogP contribution in [0.2, 0.25) is 0 Å². The van der Waals surface area contributed by atoms with E-state index in [4.69, 9.17) is 5.26 Å². The summed E-state index contributed by atoms with van der Waals surface area (Å²) in [4.78, 5) is 6.50. The second-order valence-corrected chi connectivity index (χ2v) is 4.02. The molecule has 92 valence electrons. The predicted octanol–water partition coefficient (Wildman–Crippen LogP) is 2.10. The first kappa shape index (κ1) is 13.5. The number of hydrogen-bond acceptors (Lipinski definition) is 4. The van der Waals surface area contributed by atoms with Crippen LogP contribution < -0.4 is 10.2 Å². The molecule has 1 atom stereocenters. The summed E-state index contributed by atoms with van der Waals surface area (Å²) in [5.41, 5.74) is 2.11. The molecule has 4 nitrogen and oxygen atoms in total. The minimum absolute atomic E-state index is 0.313. The van der Waals surface area contributed by atoms with Crippen LogP contribution >= 0.6 is 0 Å². The summed E-state index contributed by atoms with van der Waals surface area (Å²) >= 11 is 0. The van der Waals surface area contributed by atoms with E-state index in [1.165, 1.54) is 0 Å². The molecule has 0 spiro atoms. The van der Waals surface area contributed by atoms with E-state index < -0.39 is 0 Å². The van der Waals surface area contributed by atoms with Gasteiger partial charge in [-0.15, -0.1) is 0 Å². The lowest BCUT2D eigenvalue weighted by Crippen LogP contribution is -2.20. The zero-order valence-electron chi connectivity index (χ0n) is 10.8. The third kappa shape index (κ3) is 3.72. The first-order valence-electron chi connectivity index (χ1n) is 5.94. The van der Waals surface area contributed by atoms with Crippen LogP contribution in [0.3, 0.4) is 0 Å². The molecule has 0 saturated carbocycles. The molecular weight excluding hydrogens is 212 g/mol. The summed E-state index contributed by atoms with van der Waals surface area (Å²) in [6.45, 7) is 2.87. The van der Waals surface area contributed by atoms with Crippen LogP contribution in [0, 0.1) is 11.3 Å². The van der Waals surface area contributed by atoms with Crippen molar-refractivity contribution in [3.63, 3.8) is 0 Å². The van der Waals surface area contributed by atoms with Crippen LogP contribution in [0.15, 0.2) is 18.3 Å². The topological polar surface area (TPSA) is 52.0 Å². The van der Waals surface area contributed by atoms with E-state index in [1.807, 2.05) is 31.3 Å². The van der Waals surface area contributed by atoms with Gasteiger partial charge in [-0.1, -0.05) is 6.92 Å². The van der Waals surface area contributed by atoms with Gasteiger partial charge in [0.15, 0.2) is 0 Å². The van der Waals surface area contributed by atoms with Crippen LogP contribution in [-0.4, -0.2) is 25.6 Å². The van der Waals surface area contributed by atoms with Gasteiger partial charge in [0.25, 0.3) is 0 Å². The van der Waals surface area contributed by atoms with E-state index in [9.17, 15) is 0 Å². The lowest BCUT2D eigenvalue weighted by atomic mass is 10.1. The smallest absolute Gasteiger partial charge is 0.0640 e. The Morgan fingerprint density at radius 1 is 1.53 bits per heavy atom. The minimum Gasteiger partial charge on any atom is -0.372 e. The van der Waals surface area contributed by atoms with E-state index in [0.29, 0.717) is 12.5 Å². The fourth-order valence-electron chi connectivity index (χ4n) is 1.74. The summed E-state index contributed by atoms with van der Waals surface area (Å²) in [5.74, 6) is 0. The van der Waals surface area contributed by atoms with Gasteiger partial charge in [0.2, 0.25) is 0 Å². The summed E-state index contributed by atoms with van der Waals surface area (Å²) in [6.07, 6.45) is 3.42. The molecule has 17 heavy (non-hydrogen) atoms. The normalized spacial score (nSPS) is 11.9. The van der Waals surface area contributed by atoms with Gasteiger partial charge < -0.3 is 10.2 Å². The quantitative estimate of drug-likeness (QED) is 0.816. The number of rotatable bonds is 6. The SMILES string of the molecule is CCC(NC)c1ccc(N(C)CCC#N)cn1. The van der Waals surface area contributed by atoms with Gasteiger partial charge in [0.05, 0.1) is 30.1 Å². The Balaban J connectivity index is 2.70. The summed E-state index contributed by atoms with van der Waals surface area (Å²) in [6, 6.07) is 6.56. The van der Waals surface area contributed by atoms with Gasteiger partial charge in [-0.2, -0.15) is 5.26 Å². The third-order valence-electron chi connectivity index (χ3n) is 2.88. The van der Waals surface area contributed by atoms with Crippen molar-refractivity contribution in [2.75, 3.05) is 25.5 Å². The number of anilines is 1. The van der Waals surface area contributed by atoms with Gasteiger partial charge in [-0.25, -0.2) is 0 Å². The van der Waals surface area contributed by atoms with Crippen molar-refractivity contribution in [2.24, 2.45) is 0 Å². The van der Waals surface area contributed by atoms with Gasteiger partial charge in [0, 0.05) is 19.6 Å². The Morgan fingerprint density at radius 3 is 2.76 bits per heavy atom. The fourth-order valence-corrected chi connectivity index (χ4v) is 1.74.